The van der Waals surface area contributed by atoms with E-state index in [1.54, 1.807) is 5.19 Å². The fourth-order valence-electron chi connectivity index (χ4n) is 2.33. The first-order chi connectivity index (χ1) is 8.66. The largest absolute Gasteiger partial charge is 0.471 e. The van der Waals surface area contributed by atoms with Gasteiger partial charge in [0.1, 0.15) is 13.8 Å². The van der Waals surface area contributed by atoms with Crippen LogP contribution < -0.4 is 10.6 Å². The van der Waals surface area contributed by atoms with Crippen molar-refractivity contribution in [3.05, 3.63) is 11.8 Å². The van der Waals surface area contributed by atoms with Gasteiger partial charge in [-0.2, -0.15) is 0 Å². The second-order valence-corrected chi connectivity index (χ2v) is 17.8. The lowest BCUT2D eigenvalue weighted by atomic mass is 10.1. The van der Waals surface area contributed by atoms with E-state index in [1.165, 1.54) is 36.8 Å². The van der Waals surface area contributed by atoms with Crippen molar-refractivity contribution in [2.24, 2.45) is 0 Å². The summed E-state index contributed by atoms with van der Waals surface area (Å²) in [6, 6.07) is 2.41. The Morgan fingerprint density at radius 2 is 1.53 bits per heavy atom. The zero-order chi connectivity index (χ0) is 14.7. The van der Waals surface area contributed by atoms with Crippen LogP contribution in [0, 0.1) is 0 Å². The smallest absolute Gasteiger partial charge is 0.123 e. The minimum absolute atomic E-state index is 1.14. The van der Waals surface area contributed by atoms with Gasteiger partial charge in [0.15, 0.2) is 0 Å². The number of unbranched alkanes of at least 4 members (excludes halogenated alkanes) is 3. The summed E-state index contributed by atoms with van der Waals surface area (Å²) in [5.41, 5.74) is 0. The lowest BCUT2D eigenvalue weighted by Gasteiger charge is -2.15. The van der Waals surface area contributed by atoms with Crippen molar-refractivity contribution >= 4 is 26.7 Å². The van der Waals surface area contributed by atoms with Gasteiger partial charge in [-0.05, 0) is 17.7 Å². The van der Waals surface area contributed by atoms with E-state index in [4.69, 9.17) is 4.42 Å². The van der Waals surface area contributed by atoms with Crippen molar-refractivity contribution in [3.63, 3.8) is 0 Å². The Labute approximate surface area is 121 Å². The Morgan fingerprint density at radius 1 is 0.895 bits per heavy atom. The van der Waals surface area contributed by atoms with Crippen molar-refractivity contribution in [2.75, 3.05) is 0 Å². The summed E-state index contributed by atoms with van der Waals surface area (Å²) >= 11 is 0. The van der Waals surface area contributed by atoms with Crippen LogP contribution in [0.2, 0.25) is 39.3 Å². The average molecular weight is 297 g/mol. The molecule has 0 N–H and O–H groups in total. The Kier molecular flexibility index (Phi) is 5.69. The van der Waals surface area contributed by atoms with Gasteiger partial charge in [-0.15, -0.1) is 0 Å². The van der Waals surface area contributed by atoms with E-state index >= 15 is 0 Å². The molecule has 0 fully saturated rings. The fourth-order valence-corrected chi connectivity index (χ4v) is 5.06. The van der Waals surface area contributed by atoms with Gasteiger partial charge in [-0.25, -0.2) is 0 Å². The lowest BCUT2D eigenvalue weighted by molar-refractivity contribution is 0.518. The van der Waals surface area contributed by atoms with Gasteiger partial charge in [0.2, 0.25) is 0 Å². The molecule has 0 aliphatic heterocycles. The summed E-state index contributed by atoms with van der Waals surface area (Å²) in [4.78, 5) is 0. The Balaban J connectivity index is 2.91. The van der Waals surface area contributed by atoms with Crippen LogP contribution >= 0.6 is 0 Å². The first-order valence-corrected chi connectivity index (χ1v) is 14.8. The number of hydrogen-bond acceptors (Lipinski definition) is 1. The van der Waals surface area contributed by atoms with Gasteiger partial charge in [-0.3, -0.25) is 0 Å². The number of hydrogen-bond donors (Lipinski definition) is 0. The summed E-state index contributed by atoms with van der Waals surface area (Å²) in [6.45, 7) is 16.7. The molecule has 110 valence electrons. The highest BCUT2D eigenvalue weighted by Crippen LogP contribution is 2.14. The maximum Gasteiger partial charge on any atom is 0.123 e. The third-order valence-electron chi connectivity index (χ3n) is 3.61. The quantitative estimate of drug-likeness (QED) is 0.533. The molecule has 0 saturated heterocycles. The normalized spacial score (nSPS) is 13.0. The van der Waals surface area contributed by atoms with Gasteiger partial charge in [0.25, 0.3) is 0 Å². The predicted octanol–water partition coefficient (Wildman–Crippen LogP) is 4.49. The van der Waals surface area contributed by atoms with Crippen LogP contribution in [0.3, 0.4) is 0 Å². The molecule has 1 aromatic heterocycles. The summed E-state index contributed by atoms with van der Waals surface area (Å²) in [6.07, 6.45) is 6.42. The molecular weight excluding hydrogens is 264 g/mol. The fraction of sp³-hybridized carbons (Fsp3) is 0.750. The van der Waals surface area contributed by atoms with Crippen LogP contribution in [0.5, 0.6) is 0 Å². The molecule has 0 saturated carbocycles. The molecule has 1 heterocycles. The summed E-state index contributed by atoms with van der Waals surface area (Å²) in [7, 11) is -2.60. The molecule has 1 aromatic rings. The van der Waals surface area contributed by atoms with Crippen LogP contribution in [-0.2, 0) is 6.42 Å². The highest BCUT2D eigenvalue weighted by Gasteiger charge is 2.29. The highest BCUT2D eigenvalue weighted by molar-refractivity contribution is 6.91. The Bertz CT molecular complexity index is 394. The SMILES string of the molecule is CCCCCCc1oc([Si](C)(C)C)cc1[Si](C)(C)C. The van der Waals surface area contributed by atoms with E-state index in [9.17, 15) is 0 Å². The third-order valence-corrected chi connectivity index (χ3v) is 7.38. The van der Waals surface area contributed by atoms with Crippen LogP contribution in [0.25, 0.3) is 0 Å². The van der Waals surface area contributed by atoms with Gasteiger partial charge in [-0.1, -0.05) is 65.5 Å². The summed E-state index contributed by atoms with van der Waals surface area (Å²) in [5.74, 6) is 1.31. The number of aryl methyl sites for hydroxylation is 1. The minimum Gasteiger partial charge on any atom is -0.471 e. The number of furan rings is 1. The van der Waals surface area contributed by atoms with Crippen molar-refractivity contribution in [1.82, 2.24) is 0 Å². The second kappa shape index (κ2) is 6.44. The van der Waals surface area contributed by atoms with Crippen molar-refractivity contribution in [3.8, 4) is 0 Å². The van der Waals surface area contributed by atoms with E-state index in [1.807, 2.05) is 0 Å². The molecule has 0 bridgehead atoms. The Morgan fingerprint density at radius 3 is 2.00 bits per heavy atom. The van der Waals surface area contributed by atoms with E-state index < -0.39 is 16.1 Å². The molecule has 0 amide bonds. The molecule has 0 aliphatic rings. The number of rotatable bonds is 7. The minimum atomic E-state index is -1.32. The van der Waals surface area contributed by atoms with Gasteiger partial charge < -0.3 is 4.42 Å². The van der Waals surface area contributed by atoms with Crippen molar-refractivity contribution < 1.29 is 4.42 Å². The van der Waals surface area contributed by atoms with E-state index in [-0.39, 0.29) is 0 Å². The molecule has 19 heavy (non-hydrogen) atoms. The van der Waals surface area contributed by atoms with Crippen molar-refractivity contribution in [2.45, 2.75) is 78.3 Å². The zero-order valence-corrected chi connectivity index (χ0v) is 16.0. The van der Waals surface area contributed by atoms with Crippen LogP contribution in [0.15, 0.2) is 10.5 Å². The van der Waals surface area contributed by atoms with E-state index in [0.717, 1.165) is 6.42 Å². The predicted molar refractivity (Wildman–Crippen MR) is 92.5 cm³/mol. The molecule has 0 radical (unpaired) electrons. The summed E-state index contributed by atoms with van der Waals surface area (Å²) < 4.78 is 6.28. The molecule has 0 aromatic carbocycles. The molecule has 0 unspecified atom stereocenters. The molecule has 0 spiro atoms. The summed E-state index contributed by atoms with van der Waals surface area (Å²) in [5, 5.41) is 2.87. The van der Waals surface area contributed by atoms with Crippen LogP contribution in [-0.4, -0.2) is 16.1 Å². The van der Waals surface area contributed by atoms with Gasteiger partial charge in [0, 0.05) is 6.42 Å². The molecular formula is C16H32OSi2. The zero-order valence-electron chi connectivity index (χ0n) is 14.0. The third kappa shape index (κ3) is 4.95. The highest BCUT2D eigenvalue weighted by atomic mass is 28.3. The van der Waals surface area contributed by atoms with Crippen molar-refractivity contribution in [1.29, 1.82) is 0 Å². The van der Waals surface area contributed by atoms with Gasteiger partial charge >= 0.3 is 0 Å². The monoisotopic (exact) mass is 296 g/mol. The van der Waals surface area contributed by atoms with E-state index in [0.29, 0.717) is 0 Å². The first-order valence-electron chi connectivity index (χ1n) is 7.80. The maximum absolute atomic E-state index is 6.28. The molecule has 1 nitrogen and oxygen atoms in total. The van der Waals surface area contributed by atoms with Gasteiger partial charge in [0.05, 0.1) is 13.5 Å². The first kappa shape index (κ1) is 16.8. The lowest BCUT2D eigenvalue weighted by Crippen LogP contribution is -2.41. The Hall–Kier alpha value is -0.286. The topological polar surface area (TPSA) is 13.1 Å². The molecule has 3 heteroatoms. The maximum atomic E-state index is 6.28. The average Bonchev–Trinajstić information content (AvgIpc) is 2.67. The van der Waals surface area contributed by atoms with Crippen LogP contribution in [0.1, 0.15) is 38.4 Å². The standard InChI is InChI=1S/C16H32OSi2/c1-8-9-10-11-12-14-15(18(2,3)4)13-16(17-14)19(5,6)7/h13H,8-12H2,1-7H3. The second-order valence-electron chi connectivity index (χ2n) is 7.76. The molecule has 1 rings (SSSR count). The van der Waals surface area contributed by atoms with Crippen LogP contribution in [0.4, 0.5) is 0 Å². The molecule has 0 atom stereocenters. The van der Waals surface area contributed by atoms with E-state index in [2.05, 4.69) is 52.3 Å². The molecule has 0 aliphatic carbocycles.